The van der Waals surface area contributed by atoms with E-state index in [1.807, 2.05) is 36.4 Å². The molecule has 0 spiro atoms. The van der Waals surface area contributed by atoms with Crippen LogP contribution in [0.5, 0.6) is 5.75 Å². The first kappa shape index (κ1) is 20.6. The quantitative estimate of drug-likeness (QED) is 0.435. The second-order valence-corrected chi connectivity index (χ2v) is 6.89. The molecule has 2 aromatic carbocycles. The first-order valence-corrected chi connectivity index (χ1v) is 9.84. The molecule has 0 fully saturated rings. The monoisotopic (exact) mass is 388 g/mol. The Morgan fingerprint density at radius 3 is 2.45 bits per heavy atom. The van der Waals surface area contributed by atoms with E-state index in [2.05, 4.69) is 34.2 Å². The van der Waals surface area contributed by atoms with Gasteiger partial charge in [-0.25, -0.2) is 0 Å². The number of rotatable bonds is 9. The fraction of sp³-hybridized carbons (Fsp3) is 0.250. The van der Waals surface area contributed by atoms with E-state index in [1.54, 1.807) is 13.3 Å². The van der Waals surface area contributed by atoms with Crippen molar-refractivity contribution < 1.29 is 4.74 Å². The predicted molar refractivity (Wildman–Crippen MR) is 118 cm³/mol. The van der Waals surface area contributed by atoms with Crippen LogP contribution in [0.4, 0.5) is 0 Å². The lowest BCUT2D eigenvalue weighted by molar-refractivity contribution is 0.409. The number of hydrogen-bond acceptors (Lipinski definition) is 4. The van der Waals surface area contributed by atoms with Crippen LogP contribution in [0.15, 0.2) is 71.9 Å². The third-order valence-corrected chi connectivity index (χ3v) is 4.90. The molecule has 0 saturated carbocycles. The number of aryl methyl sites for hydroxylation is 2. The van der Waals surface area contributed by atoms with Crippen LogP contribution in [-0.2, 0) is 25.8 Å². The van der Waals surface area contributed by atoms with Crippen molar-refractivity contribution in [3.8, 4) is 5.75 Å². The molecule has 0 saturated heterocycles. The lowest BCUT2D eigenvalue weighted by Crippen LogP contribution is -2.14. The smallest absolute Gasteiger partial charge is 0.125 e. The Morgan fingerprint density at radius 1 is 0.966 bits per heavy atom. The molecule has 0 amide bonds. The Bertz CT molecular complexity index is 937. The summed E-state index contributed by atoms with van der Waals surface area (Å²) in [4.78, 5) is 8.78. The summed E-state index contributed by atoms with van der Waals surface area (Å²) in [6, 6.07) is 20.3. The van der Waals surface area contributed by atoms with E-state index in [0.717, 1.165) is 41.8 Å². The van der Waals surface area contributed by atoms with Crippen molar-refractivity contribution >= 4 is 5.84 Å². The van der Waals surface area contributed by atoms with Crippen LogP contribution < -0.4 is 16.2 Å². The van der Waals surface area contributed by atoms with Gasteiger partial charge in [-0.3, -0.25) is 9.98 Å². The zero-order valence-electron chi connectivity index (χ0n) is 16.8. The van der Waals surface area contributed by atoms with Gasteiger partial charge < -0.3 is 16.2 Å². The van der Waals surface area contributed by atoms with Gasteiger partial charge in [0.2, 0.25) is 0 Å². The van der Waals surface area contributed by atoms with Crippen molar-refractivity contribution in [2.45, 2.75) is 25.8 Å². The molecule has 0 aliphatic carbocycles. The minimum Gasteiger partial charge on any atom is -0.496 e. The van der Waals surface area contributed by atoms with Gasteiger partial charge in [0, 0.05) is 37.0 Å². The van der Waals surface area contributed by atoms with Gasteiger partial charge in [0.1, 0.15) is 11.6 Å². The van der Waals surface area contributed by atoms with Crippen molar-refractivity contribution in [1.82, 2.24) is 4.98 Å². The highest BCUT2D eigenvalue weighted by atomic mass is 16.5. The normalized spacial score (nSPS) is 11.4. The Kier molecular flexibility index (Phi) is 7.36. The standard InChI is InChI=1S/C24H28N4O/c1-29-23-16-19(17-25)8-10-20(23)9-5-18-6-11-21(12-7-18)24(26)28-15-13-22-4-2-3-14-27-22/h2-4,6-8,10-12,14,16H,5,9,13,15,17,25H2,1H3,(H2,26,28). The number of aliphatic imine (C=N–C) groups is 1. The molecule has 1 heterocycles. The predicted octanol–water partition coefficient (Wildman–Crippen LogP) is 3.28. The van der Waals surface area contributed by atoms with Gasteiger partial charge in [0.25, 0.3) is 0 Å². The molecule has 0 radical (unpaired) electrons. The molecule has 5 nitrogen and oxygen atoms in total. The number of ether oxygens (including phenoxy) is 1. The fourth-order valence-electron chi connectivity index (χ4n) is 3.17. The summed E-state index contributed by atoms with van der Waals surface area (Å²) in [6.45, 7) is 1.14. The van der Waals surface area contributed by atoms with Crippen molar-refractivity contribution in [2.24, 2.45) is 16.5 Å². The summed E-state index contributed by atoms with van der Waals surface area (Å²) >= 11 is 0. The number of aromatic nitrogens is 1. The number of nitrogens with zero attached hydrogens (tertiary/aromatic N) is 2. The summed E-state index contributed by atoms with van der Waals surface area (Å²) in [7, 11) is 1.70. The molecule has 0 bridgehead atoms. The average molecular weight is 389 g/mol. The molecule has 3 aromatic rings. The van der Waals surface area contributed by atoms with Crippen molar-refractivity contribution in [2.75, 3.05) is 13.7 Å². The molecule has 0 atom stereocenters. The van der Waals surface area contributed by atoms with E-state index in [9.17, 15) is 0 Å². The van der Waals surface area contributed by atoms with Gasteiger partial charge in [-0.1, -0.05) is 42.5 Å². The van der Waals surface area contributed by atoms with E-state index in [1.165, 1.54) is 11.1 Å². The molecule has 3 rings (SSSR count). The Hall–Kier alpha value is -3.18. The van der Waals surface area contributed by atoms with Crippen molar-refractivity contribution in [1.29, 1.82) is 0 Å². The molecule has 29 heavy (non-hydrogen) atoms. The van der Waals surface area contributed by atoms with Gasteiger partial charge >= 0.3 is 0 Å². The number of methoxy groups -OCH3 is 1. The molecule has 5 heteroatoms. The maximum Gasteiger partial charge on any atom is 0.125 e. The average Bonchev–Trinajstić information content (AvgIpc) is 2.78. The maximum absolute atomic E-state index is 6.14. The summed E-state index contributed by atoms with van der Waals surface area (Å²) in [6.07, 6.45) is 4.41. The summed E-state index contributed by atoms with van der Waals surface area (Å²) in [5.74, 6) is 1.46. The molecule has 0 unspecified atom stereocenters. The SMILES string of the molecule is COc1cc(CN)ccc1CCc1ccc(C(N)=NCCc2ccccn2)cc1. The zero-order valence-corrected chi connectivity index (χ0v) is 16.8. The Balaban J connectivity index is 1.56. The lowest BCUT2D eigenvalue weighted by Gasteiger charge is -2.10. The third-order valence-electron chi connectivity index (χ3n) is 4.90. The zero-order chi connectivity index (χ0) is 20.5. The summed E-state index contributed by atoms with van der Waals surface area (Å²) in [5, 5.41) is 0. The fourth-order valence-corrected chi connectivity index (χ4v) is 3.17. The Morgan fingerprint density at radius 2 is 1.76 bits per heavy atom. The van der Waals surface area contributed by atoms with Gasteiger partial charge in [-0.05, 0) is 47.7 Å². The van der Waals surface area contributed by atoms with Crippen LogP contribution in [0.2, 0.25) is 0 Å². The molecule has 0 aliphatic heterocycles. The molecule has 1 aromatic heterocycles. The van der Waals surface area contributed by atoms with E-state index < -0.39 is 0 Å². The van der Waals surface area contributed by atoms with Crippen molar-refractivity contribution in [3.05, 3.63) is 94.8 Å². The number of benzene rings is 2. The first-order chi connectivity index (χ1) is 14.2. The highest BCUT2D eigenvalue weighted by Gasteiger charge is 2.06. The summed E-state index contributed by atoms with van der Waals surface area (Å²) in [5.41, 5.74) is 17.3. The highest BCUT2D eigenvalue weighted by Crippen LogP contribution is 2.22. The second kappa shape index (κ2) is 10.4. The molecule has 0 aliphatic rings. The number of nitrogens with two attached hydrogens (primary N) is 2. The number of amidine groups is 1. The minimum atomic E-state index is 0.517. The van der Waals surface area contributed by atoms with Crippen LogP contribution in [0.3, 0.4) is 0 Å². The van der Waals surface area contributed by atoms with Crippen molar-refractivity contribution in [3.63, 3.8) is 0 Å². The topological polar surface area (TPSA) is 86.5 Å². The van der Waals surface area contributed by atoms with Gasteiger partial charge in [0.05, 0.1) is 7.11 Å². The van der Waals surface area contributed by atoms with Gasteiger partial charge in [-0.2, -0.15) is 0 Å². The third kappa shape index (κ3) is 5.90. The van der Waals surface area contributed by atoms with E-state index in [4.69, 9.17) is 16.2 Å². The molecule has 4 N–H and O–H groups in total. The molecular weight excluding hydrogens is 360 g/mol. The maximum atomic E-state index is 6.14. The van der Waals surface area contributed by atoms with Crippen LogP contribution in [0.25, 0.3) is 0 Å². The molecule has 150 valence electrons. The second-order valence-electron chi connectivity index (χ2n) is 6.89. The largest absolute Gasteiger partial charge is 0.496 e. The van der Waals surface area contributed by atoms with Crippen LogP contribution in [0.1, 0.15) is 27.9 Å². The van der Waals surface area contributed by atoms with Crippen LogP contribution in [0, 0.1) is 0 Å². The minimum absolute atomic E-state index is 0.517. The van der Waals surface area contributed by atoms with Crippen LogP contribution in [-0.4, -0.2) is 24.5 Å². The Labute approximate surface area is 172 Å². The molecular formula is C24H28N4O. The summed E-state index contributed by atoms with van der Waals surface area (Å²) < 4.78 is 5.50. The van der Waals surface area contributed by atoms with E-state index in [0.29, 0.717) is 18.9 Å². The van der Waals surface area contributed by atoms with Gasteiger partial charge in [0.15, 0.2) is 0 Å². The van der Waals surface area contributed by atoms with Gasteiger partial charge in [-0.15, -0.1) is 0 Å². The highest BCUT2D eigenvalue weighted by molar-refractivity contribution is 5.97. The van der Waals surface area contributed by atoms with E-state index >= 15 is 0 Å². The van der Waals surface area contributed by atoms with Crippen LogP contribution >= 0.6 is 0 Å². The number of pyridine rings is 1. The first-order valence-electron chi connectivity index (χ1n) is 9.84. The van der Waals surface area contributed by atoms with E-state index in [-0.39, 0.29) is 0 Å². The lowest BCUT2D eigenvalue weighted by atomic mass is 10.0. The number of hydrogen-bond donors (Lipinski definition) is 2.